The molecule has 30 heavy (non-hydrogen) atoms. The molecular weight excluding hydrogens is 364 g/mol. The monoisotopic (exact) mass is 410 g/mol. The normalized spacial score (nSPS) is 24.3. The van der Waals surface area contributed by atoms with Gasteiger partial charge in [0.05, 0.1) is 5.54 Å². The molecule has 0 aliphatic heterocycles. The van der Waals surface area contributed by atoms with Crippen molar-refractivity contribution in [1.29, 1.82) is 0 Å². The van der Waals surface area contributed by atoms with Gasteiger partial charge in [-0.15, -0.1) is 0 Å². The number of hydrogen-bond acceptors (Lipinski definition) is 2. The molecule has 168 valence electrons. The SMILES string of the molecule is C=C(CCN(C)C1(c2ccc(CCC)c(C)c2)CCCC(C)/C1=C/NC)C(C)CC. The molecule has 1 N–H and O–H groups in total. The van der Waals surface area contributed by atoms with Gasteiger partial charge in [-0.25, -0.2) is 0 Å². The van der Waals surface area contributed by atoms with Crippen molar-refractivity contribution in [3.63, 3.8) is 0 Å². The van der Waals surface area contributed by atoms with Crippen molar-refractivity contribution >= 4 is 0 Å². The molecule has 2 heteroatoms. The van der Waals surface area contributed by atoms with Gasteiger partial charge in [0, 0.05) is 13.6 Å². The molecule has 3 unspecified atom stereocenters. The maximum atomic E-state index is 4.40. The Labute approximate surface area is 186 Å². The lowest BCUT2D eigenvalue weighted by Gasteiger charge is -2.49. The first-order chi connectivity index (χ1) is 14.3. The zero-order valence-corrected chi connectivity index (χ0v) is 20.8. The molecule has 2 nitrogen and oxygen atoms in total. The van der Waals surface area contributed by atoms with Gasteiger partial charge in [0.2, 0.25) is 0 Å². The van der Waals surface area contributed by atoms with Crippen LogP contribution in [0.4, 0.5) is 0 Å². The highest BCUT2D eigenvalue weighted by atomic mass is 15.2. The highest BCUT2D eigenvalue weighted by molar-refractivity contribution is 5.42. The minimum Gasteiger partial charge on any atom is -0.394 e. The molecule has 0 saturated heterocycles. The summed E-state index contributed by atoms with van der Waals surface area (Å²) in [5.74, 6) is 1.18. The van der Waals surface area contributed by atoms with Crippen LogP contribution in [-0.4, -0.2) is 25.5 Å². The molecule has 1 aliphatic carbocycles. The van der Waals surface area contributed by atoms with Crippen LogP contribution in [0.25, 0.3) is 0 Å². The van der Waals surface area contributed by atoms with E-state index in [2.05, 4.69) is 82.9 Å². The quantitative estimate of drug-likeness (QED) is 0.418. The minimum atomic E-state index is -0.0358. The predicted octanol–water partition coefficient (Wildman–Crippen LogP) is 6.99. The molecule has 0 radical (unpaired) electrons. The van der Waals surface area contributed by atoms with Crippen molar-refractivity contribution < 1.29 is 0 Å². The average molecular weight is 411 g/mol. The lowest BCUT2D eigenvalue weighted by molar-refractivity contribution is 0.108. The van der Waals surface area contributed by atoms with Crippen molar-refractivity contribution in [3.05, 3.63) is 58.8 Å². The Hall–Kier alpha value is -1.54. The van der Waals surface area contributed by atoms with Crippen LogP contribution in [0, 0.1) is 18.8 Å². The van der Waals surface area contributed by atoms with Crippen molar-refractivity contribution in [3.8, 4) is 0 Å². The third-order valence-electron chi connectivity index (χ3n) is 7.55. The number of hydrogen-bond donors (Lipinski definition) is 1. The lowest BCUT2D eigenvalue weighted by atomic mass is 9.67. The van der Waals surface area contributed by atoms with E-state index in [1.165, 1.54) is 66.4 Å². The summed E-state index contributed by atoms with van der Waals surface area (Å²) in [4.78, 5) is 2.63. The third-order valence-corrected chi connectivity index (χ3v) is 7.55. The summed E-state index contributed by atoms with van der Waals surface area (Å²) in [7, 11) is 4.38. The third kappa shape index (κ3) is 5.19. The van der Waals surface area contributed by atoms with E-state index in [-0.39, 0.29) is 5.54 Å². The van der Waals surface area contributed by atoms with Crippen LogP contribution >= 0.6 is 0 Å². The van der Waals surface area contributed by atoms with Gasteiger partial charge < -0.3 is 5.32 Å². The Balaban J connectivity index is 2.49. The highest BCUT2D eigenvalue weighted by Crippen LogP contribution is 2.48. The maximum absolute atomic E-state index is 4.40. The van der Waals surface area contributed by atoms with Crippen molar-refractivity contribution in [2.45, 2.75) is 85.1 Å². The fourth-order valence-electron chi connectivity index (χ4n) is 5.27. The van der Waals surface area contributed by atoms with E-state index in [4.69, 9.17) is 0 Å². The molecule has 0 aromatic heterocycles. The van der Waals surface area contributed by atoms with E-state index in [0.29, 0.717) is 11.8 Å². The Kier molecular flexibility index (Phi) is 9.22. The van der Waals surface area contributed by atoms with E-state index < -0.39 is 0 Å². The number of benzene rings is 1. The first-order valence-electron chi connectivity index (χ1n) is 12.2. The average Bonchev–Trinajstić information content (AvgIpc) is 2.74. The first-order valence-corrected chi connectivity index (χ1v) is 12.2. The molecule has 0 amide bonds. The molecule has 1 aromatic carbocycles. The number of nitrogens with one attached hydrogen (secondary N) is 1. The summed E-state index contributed by atoms with van der Waals surface area (Å²) in [5.41, 5.74) is 7.28. The second-order valence-corrected chi connectivity index (χ2v) is 9.57. The van der Waals surface area contributed by atoms with Gasteiger partial charge >= 0.3 is 0 Å². The van der Waals surface area contributed by atoms with Crippen LogP contribution in [0.1, 0.15) is 82.9 Å². The molecule has 1 aromatic rings. The first kappa shape index (κ1) is 24.7. The molecule has 1 saturated carbocycles. The predicted molar refractivity (Wildman–Crippen MR) is 133 cm³/mol. The molecule has 1 fully saturated rings. The molecule has 2 rings (SSSR count). The van der Waals surface area contributed by atoms with Crippen LogP contribution in [-0.2, 0) is 12.0 Å². The lowest BCUT2D eigenvalue weighted by Crippen LogP contribution is -2.49. The highest BCUT2D eigenvalue weighted by Gasteiger charge is 2.44. The fourth-order valence-corrected chi connectivity index (χ4v) is 5.27. The number of rotatable bonds is 10. The van der Waals surface area contributed by atoms with E-state index in [9.17, 15) is 0 Å². The number of nitrogens with zero attached hydrogens (tertiary/aromatic N) is 1. The van der Waals surface area contributed by atoms with Gasteiger partial charge in [-0.1, -0.05) is 70.9 Å². The van der Waals surface area contributed by atoms with Crippen molar-refractivity contribution in [2.24, 2.45) is 11.8 Å². The van der Waals surface area contributed by atoms with Crippen LogP contribution < -0.4 is 5.32 Å². The Bertz CT molecular complexity index is 732. The molecule has 0 bridgehead atoms. The largest absolute Gasteiger partial charge is 0.394 e. The van der Waals surface area contributed by atoms with Gasteiger partial charge in [-0.3, -0.25) is 4.90 Å². The van der Waals surface area contributed by atoms with Crippen LogP contribution in [0.15, 0.2) is 42.1 Å². The molecule has 1 aliphatic rings. The summed E-state index contributed by atoms with van der Waals surface area (Å²) < 4.78 is 0. The van der Waals surface area contributed by atoms with Gasteiger partial charge in [-0.2, -0.15) is 0 Å². The van der Waals surface area contributed by atoms with E-state index in [1.54, 1.807) is 0 Å². The standard InChI is InChI=1S/C28H46N2/c1-9-12-25-14-15-26(19-24(25)6)28(17-11-13-23(5)27(28)20-29-7)30(8)18-16-22(4)21(3)10-2/h14-15,19-21,23,29H,4,9-13,16-18H2,1-3,5-8H3/b27-20-. The van der Waals surface area contributed by atoms with Gasteiger partial charge in [0.1, 0.15) is 0 Å². The van der Waals surface area contributed by atoms with Crippen LogP contribution in [0.3, 0.4) is 0 Å². The topological polar surface area (TPSA) is 15.3 Å². The van der Waals surface area contributed by atoms with E-state index in [0.717, 1.165) is 13.0 Å². The van der Waals surface area contributed by atoms with Crippen molar-refractivity contribution in [2.75, 3.05) is 20.6 Å². The molecule has 0 heterocycles. The Morgan fingerprint density at radius 3 is 2.70 bits per heavy atom. The summed E-state index contributed by atoms with van der Waals surface area (Å²) >= 11 is 0. The Morgan fingerprint density at radius 2 is 2.10 bits per heavy atom. The summed E-state index contributed by atoms with van der Waals surface area (Å²) in [6.07, 6.45) is 10.6. The summed E-state index contributed by atoms with van der Waals surface area (Å²) in [6, 6.07) is 7.28. The van der Waals surface area contributed by atoms with E-state index in [1.807, 2.05) is 7.05 Å². The summed E-state index contributed by atoms with van der Waals surface area (Å²) in [5, 5.41) is 3.38. The smallest absolute Gasteiger partial charge is 0.0692 e. The zero-order valence-electron chi connectivity index (χ0n) is 20.8. The van der Waals surface area contributed by atoms with Gasteiger partial charge in [0.25, 0.3) is 0 Å². The Morgan fingerprint density at radius 1 is 1.37 bits per heavy atom. The van der Waals surface area contributed by atoms with Crippen LogP contribution in [0.2, 0.25) is 0 Å². The van der Waals surface area contributed by atoms with E-state index >= 15 is 0 Å². The fraction of sp³-hybridized carbons (Fsp3) is 0.643. The molecule has 0 spiro atoms. The second-order valence-electron chi connectivity index (χ2n) is 9.57. The maximum Gasteiger partial charge on any atom is 0.0692 e. The van der Waals surface area contributed by atoms with Gasteiger partial charge in [0.15, 0.2) is 0 Å². The summed E-state index contributed by atoms with van der Waals surface area (Å²) in [6.45, 7) is 17.0. The molecular formula is C28H46N2. The molecule has 3 atom stereocenters. The van der Waals surface area contributed by atoms with Crippen LogP contribution in [0.5, 0.6) is 0 Å². The number of aryl methyl sites for hydroxylation is 2. The second kappa shape index (κ2) is 11.2. The zero-order chi connectivity index (χ0) is 22.3. The van der Waals surface area contributed by atoms with Crippen molar-refractivity contribution in [1.82, 2.24) is 10.2 Å². The van der Waals surface area contributed by atoms with Gasteiger partial charge in [-0.05, 0) is 86.4 Å². The minimum absolute atomic E-state index is 0.0358. The number of likely N-dealkylation sites (N-methyl/N-ethyl adjacent to an activating group) is 1.